The maximum Gasteiger partial charge on any atom is 0.233 e. The largest absolute Gasteiger partial charge is 0.480 e. The summed E-state index contributed by atoms with van der Waals surface area (Å²) in [7, 11) is -1.64. The lowest BCUT2D eigenvalue weighted by Gasteiger charge is -2.38. The molecule has 2 fully saturated rings. The number of anilines is 1. The lowest BCUT2D eigenvalue weighted by Crippen LogP contribution is -2.53. The minimum Gasteiger partial charge on any atom is -0.480 e. The number of hydrogen-bond donors (Lipinski definition) is 0. The molecule has 0 bridgehead atoms. The fraction of sp³-hybridized carbons (Fsp3) is 0.688. The van der Waals surface area contributed by atoms with Gasteiger partial charge < -0.3 is 14.5 Å². The number of amides is 1. The van der Waals surface area contributed by atoms with Crippen LogP contribution >= 0.6 is 0 Å². The molecule has 2 aliphatic heterocycles. The highest BCUT2D eigenvalue weighted by molar-refractivity contribution is 7.88. The molecule has 1 amide bonds. The van der Waals surface area contributed by atoms with Crippen molar-refractivity contribution in [1.82, 2.24) is 19.4 Å². The average Bonchev–Trinajstić information content (AvgIpc) is 2.67. The zero-order valence-electron chi connectivity index (χ0n) is 15.2. The smallest absolute Gasteiger partial charge is 0.233 e. The van der Waals surface area contributed by atoms with Gasteiger partial charge in [0.15, 0.2) is 5.82 Å². The maximum atomic E-state index is 12.9. The van der Waals surface area contributed by atoms with Crippen LogP contribution in [0.5, 0.6) is 5.88 Å². The predicted octanol–water partition coefficient (Wildman–Crippen LogP) is -0.195. The van der Waals surface area contributed by atoms with E-state index in [4.69, 9.17) is 4.74 Å². The molecule has 1 aromatic rings. The van der Waals surface area contributed by atoms with Crippen molar-refractivity contribution in [3.05, 3.63) is 12.1 Å². The molecule has 0 radical (unpaired) electrons. The fourth-order valence-corrected chi connectivity index (χ4v) is 4.30. The van der Waals surface area contributed by atoms with Crippen molar-refractivity contribution in [1.29, 1.82) is 0 Å². The van der Waals surface area contributed by atoms with E-state index < -0.39 is 10.0 Å². The van der Waals surface area contributed by atoms with E-state index in [1.807, 2.05) is 6.07 Å². The lowest BCUT2D eigenvalue weighted by molar-refractivity contribution is -0.137. The highest BCUT2D eigenvalue weighted by Gasteiger charge is 2.33. The second-order valence-electron chi connectivity index (χ2n) is 6.71. The molecule has 3 heterocycles. The normalized spacial score (nSPS) is 22.3. The van der Waals surface area contributed by atoms with E-state index in [-0.39, 0.29) is 11.8 Å². The van der Waals surface area contributed by atoms with Crippen molar-refractivity contribution in [3.63, 3.8) is 0 Å². The van der Waals surface area contributed by atoms with Gasteiger partial charge in [-0.1, -0.05) is 0 Å². The van der Waals surface area contributed by atoms with Gasteiger partial charge in [-0.25, -0.2) is 8.42 Å². The summed E-state index contributed by atoms with van der Waals surface area (Å²) in [6.07, 6.45) is 2.96. The van der Waals surface area contributed by atoms with Crippen molar-refractivity contribution in [2.45, 2.75) is 12.8 Å². The van der Waals surface area contributed by atoms with Crippen LogP contribution in [0.15, 0.2) is 12.1 Å². The first kappa shape index (κ1) is 18.8. The van der Waals surface area contributed by atoms with E-state index in [1.54, 1.807) is 18.1 Å². The summed E-state index contributed by atoms with van der Waals surface area (Å²) in [6.45, 7) is 3.07. The minimum absolute atomic E-state index is 0.0996. The number of rotatable bonds is 4. The third kappa shape index (κ3) is 4.24. The van der Waals surface area contributed by atoms with Crippen molar-refractivity contribution in [2.75, 3.05) is 57.5 Å². The number of methoxy groups -OCH3 is 1. The van der Waals surface area contributed by atoms with Crippen LogP contribution in [0.25, 0.3) is 0 Å². The molecule has 0 unspecified atom stereocenters. The third-order valence-electron chi connectivity index (χ3n) is 4.95. The van der Waals surface area contributed by atoms with Gasteiger partial charge in [-0.15, -0.1) is 10.2 Å². The summed E-state index contributed by atoms with van der Waals surface area (Å²) in [5.74, 6) is 1.20. The second-order valence-corrected chi connectivity index (χ2v) is 8.69. The first-order valence-corrected chi connectivity index (χ1v) is 10.6. The number of aromatic nitrogens is 2. The average molecular weight is 383 g/mol. The van der Waals surface area contributed by atoms with Crippen LogP contribution < -0.4 is 9.64 Å². The van der Waals surface area contributed by atoms with E-state index in [1.165, 1.54) is 10.6 Å². The molecular weight excluding hydrogens is 358 g/mol. The van der Waals surface area contributed by atoms with E-state index in [0.29, 0.717) is 38.6 Å². The van der Waals surface area contributed by atoms with Gasteiger partial charge in [0.1, 0.15) is 0 Å². The molecule has 0 aromatic carbocycles. The number of carbonyl (C=O) groups is 1. The number of piperazine rings is 1. The molecule has 1 aromatic heterocycles. The van der Waals surface area contributed by atoms with Gasteiger partial charge in [-0.3, -0.25) is 4.79 Å². The summed E-state index contributed by atoms with van der Waals surface area (Å²) in [6, 6.07) is 3.61. The molecule has 10 heteroatoms. The lowest BCUT2D eigenvalue weighted by atomic mass is 9.96. The minimum atomic E-state index is -3.19. The Morgan fingerprint density at radius 3 is 2.46 bits per heavy atom. The Bertz CT molecular complexity index is 732. The van der Waals surface area contributed by atoms with Gasteiger partial charge in [-0.2, -0.15) is 4.31 Å². The Hall–Kier alpha value is -1.94. The quantitative estimate of drug-likeness (QED) is 0.711. The monoisotopic (exact) mass is 383 g/mol. The first-order valence-electron chi connectivity index (χ1n) is 8.75. The van der Waals surface area contributed by atoms with Crippen molar-refractivity contribution in [2.24, 2.45) is 5.92 Å². The molecule has 0 aliphatic carbocycles. The number of piperidine rings is 1. The Kier molecular flexibility index (Phi) is 5.61. The molecule has 9 nitrogen and oxygen atoms in total. The van der Waals surface area contributed by atoms with Crippen LogP contribution in [0.2, 0.25) is 0 Å². The molecule has 2 saturated heterocycles. The van der Waals surface area contributed by atoms with Gasteiger partial charge in [-0.05, 0) is 18.9 Å². The molecule has 0 saturated carbocycles. The predicted molar refractivity (Wildman–Crippen MR) is 96.5 cm³/mol. The highest BCUT2D eigenvalue weighted by Crippen LogP contribution is 2.24. The summed E-state index contributed by atoms with van der Waals surface area (Å²) < 4.78 is 29.7. The van der Waals surface area contributed by atoms with Gasteiger partial charge in [0, 0.05) is 45.3 Å². The summed E-state index contributed by atoms with van der Waals surface area (Å²) >= 11 is 0. The maximum absolute atomic E-state index is 12.9. The number of nitrogens with zero attached hydrogens (tertiary/aromatic N) is 5. The SMILES string of the molecule is COc1ccc(N2CCC[C@@H](C(=O)N3CCN(S(C)(=O)=O)CC3)C2)nn1. The van der Waals surface area contributed by atoms with Crippen molar-refractivity contribution < 1.29 is 17.9 Å². The molecule has 2 aliphatic rings. The standard InChI is InChI=1S/C16H25N5O4S/c1-25-15-6-5-14(17-18-15)20-7-3-4-13(12-20)16(22)19-8-10-21(11-9-19)26(2,23)24/h5-6,13H,3-4,7-12H2,1-2H3/t13-/m1/s1. The van der Waals surface area contributed by atoms with E-state index in [0.717, 1.165) is 25.2 Å². The zero-order valence-corrected chi connectivity index (χ0v) is 16.0. The van der Waals surface area contributed by atoms with Gasteiger partial charge in [0.25, 0.3) is 0 Å². The number of ether oxygens (including phenoxy) is 1. The van der Waals surface area contributed by atoms with Crippen molar-refractivity contribution >= 4 is 21.7 Å². The summed E-state index contributed by atoms with van der Waals surface area (Å²) in [5, 5.41) is 8.16. The Balaban J connectivity index is 1.59. The molecule has 144 valence electrons. The molecule has 1 atom stereocenters. The third-order valence-corrected chi connectivity index (χ3v) is 6.25. The topological polar surface area (TPSA) is 95.9 Å². The molecule has 26 heavy (non-hydrogen) atoms. The van der Waals surface area contributed by atoms with Crippen LogP contribution in [0.3, 0.4) is 0 Å². The molecular formula is C16H25N5O4S. The Morgan fingerprint density at radius 1 is 1.15 bits per heavy atom. The van der Waals surface area contributed by atoms with Crippen LogP contribution in [-0.4, -0.2) is 86.4 Å². The summed E-state index contributed by atoms with van der Waals surface area (Å²) in [4.78, 5) is 16.7. The van der Waals surface area contributed by atoms with Crippen LogP contribution in [-0.2, 0) is 14.8 Å². The first-order chi connectivity index (χ1) is 12.4. The van der Waals surface area contributed by atoms with Crippen molar-refractivity contribution in [3.8, 4) is 5.88 Å². The summed E-state index contributed by atoms with van der Waals surface area (Å²) in [5.41, 5.74) is 0. The Morgan fingerprint density at radius 2 is 1.88 bits per heavy atom. The number of carbonyl (C=O) groups excluding carboxylic acids is 1. The van der Waals surface area contributed by atoms with Crippen LogP contribution in [0, 0.1) is 5.92 Å². The highest BCUT2D eigenvalue weighted by atomic mass is 32.2. The van der Waals surface area contributed by atoms with Gasteiger partial charge in [0.2, 0.25) is 21.8 Å². The van der Waals surface area contributed by atoms with Gasteiger partial charge >= 0.3 is 0 Å². The molecule has 3 rings (SSSR count). The molecule has 0 spiro atoms. The van der Waals surface area contributed by atoms with Gasteiger partial charge in [0.05, 0.1) is 19.3 Å². The van der Waals surface area contributed by atoms with E-state index >= 15 is 0 Å². The van der Waals surface area contributed by atoms with E-state index in [9.17, 15) is 13.2 Å². The number of sulfonamides is 1. The zero-order chi connectivity index (χ0) is 18.7. The Labute approximate surface area is 154 Å². The van der Waals surface area contributed by atoms with Crippen LogP contribution in [0.1, 0.15) is 12.8 Å². The van der Waals surface area contributed by atoms with Crippen LogP contribution in [0.4, 0.5) is 5.82 Å². The fourth-order valence-electron chi connectivity index (χ4n) is 3.48. The second kappa shape index (κ2) is 7.75. The number of hydrogen-bond acceptors (Lipinski definition) is 7. The van der Waals surface area contributed by atoms with E-state index in [2.05, 4.69) is 15.1 Å². The molecule has 0 N–H and O–H groups in total.